The summed E-state index contributed by atoms with van der Waals surface area (Å²) in [5.41, 5.74) is 5.29. The third-order valence-electron chi connectivity index (χ3n) is 1.83. The van der Waals surface area contributed by atoms with Crippen LogP contribution in [0.5, 0.6) is 0 Å². The van der Waals surface area contributed by atoms with Crippen molar-refractivity contribution in [3.63, 3.8) is 0 Å². The highest BCUT2D eigenvalue weighted by atomic mass is 32.2. The van der Waals surface area contributed by atoms with Crippen molar-refractivity contribution < 1.29 is 12.8 Å². The lowest BCUT2D eigenvalue weighted by Crippen LogP contribution is -2.07. The molecule has 0 amide bonds. The van der Waals surface area contributed by atoms with Gasteiger partial charge in [-0.1, -0.05) is 0 Å². The quantitative estimate of drug-likeness (QED) is 0.744. The summed E-state index contributed by atoms with van der Waals surface area (Å²) >= 11 is 0. The first kappa shape index (κ1) is 11.1. The van der Waals surface area contributed by atoms with E-state index in [-0.39, 0.29) is 5.89 Å². The Hall–Kier alpha value is -0.950. The third-order valence-corrected chi connectivity index (χ3v) is 3.32. The molecule has 1 aromatic rings. The first-order valence-corrected chi connectivity index (χ1v) is 6.12. The van der Waals surface area contributed by atoms with Gasteiger partial charge in [0.05, 0.1) is 0 Å². The summed E-state index contributed by atoms with van der Waals surface area (Å²) in [7, 11) is -3.18. The number of sulfone groups is 1. The molecule has 2 N–H and O–H groups in total. The minimum absolute atomic E-state index is 0.121. The van der Waals surface area contributed by atoms with E-state index in [1.165, 1.54) is 6.92 Å². The molecule has 7 heteroatoms. The van der Waals surface area contributed by atoms with Crippen LogP contribution in [-0.4, -0.2) is 31.4 Å². The number of aromatic nitrogens is 2. The molecule has 0 aliphatic heterocycles. The number of nitrogens with zero attached hydrogens (tertiary/aromatic N) is 2. The van der Waals surface area contributed by atoms with E-state index in [4.69, 9.17) is 10.2 Å². The van der Waals surface area contributed by atoms with Crippen molar-refractivity contribution in [1.29, 1.82) is 0 Å². The number of hydrogen-bond acceptors (Lipinski definition) is 6. The normalized spacial score (nSPS) is 14.2. The van der Waals surface area contributed by atoms with Crippen molar-refractivity contribution in [3.05, 3.63) is 11.8 Å². The van der Waals surface area contributed by atoms with Crippen molar-refractivity contribution >= 4 is 9.84 Å². The molecule has 1 heterocycles. The molecular formula is C7H13N3O3S. The van der Waals surface area contributed by atoms with Crippen LogP contribution in [-0.2, 0) is 16.3 Å². The molecule has 0 spiro atoms. The third kappa shape index (κ3) is 2.52. The van der Waals surface area contributed by atoms with E-state index in [0.29, 0.717) is 18.9 Å². The van der Waals surface area contributed by atoms with E-state index < -0.39 is 15.1 Å². The van der Waals surface area contributed by atoms with Gasteiger partial charge in [-0.25, -0.2) is 8.42 Å². The molecule has 14 heavy (non-hydrogen) atoms. The largest absolute Gasteiger partial charge is 0.424 e. The van der Waals surface area contributed by atoms with Crippen LogP contribution in [0.2, 0.25) is 0 Å². The molecule has 0 aliphatic rings. The molecule has 0 aliphatic carbocycles. The van der Waals surface area contributed by atoms with E-state index >= 15 is 0 Å². The van der Waals surface area contributed by atoms with E-state index in [0.717, 1.165) is 6.26 Å². The standard InChI is InChI=1S/C7H13N3O3S/c1-5(14(2,11)12)7-10-9-6(13-7)3-4-8/h5H,3-4,8H2,1-2H3. The molecule has 0 saturated carbocycles. The van der Waals surface area contributed by atoms with Gasteiger partial charge in [-0.05, 0) is 6.92 Å². The van der Waals surface area contributed by atoms with Gasteiger partial charge in [0.1, 0.15) is 5.25 Å². The Morgan fingerprint density at radius 3 is 2.64 bits per heavy atom. The minimum Gasteiger partial charge on any atom is -0.424 e. The van der Waals surface area contributed by atoms with Crippen molar-refractivity contribution in [1.82, 2.24) is 10.2 Å². The topological polar surface area (TPSA) is 99.1 Å². The van der Waals surface area contributed by atoms with Crippen LogP contribution >= 0.6 is 0 Å². The summed E-state index contributed by atoms with van der Waals surface area (Å²) in [5.74, 6) is 0.494. The Morgan fingerprint density at radius 2 is 2.14 bits per heavy atom. The summed E-state index contributed by atoms with van der Waals surface area (Å²) in [4.78, 5) is 0. The SMILES string of the molecule is CC(c1nnc(CCN)o1)S(C)(=O)=O. The molecule has 0 aromatic carbocycles. The molecule has 1 rings (SSSR count). The van der Waals surface area contributed by atoms with Gasteiger partial charge < -0.3 is 10.2 Å². The van der Waals surface area contributed by atoms with Crippen molar-refractivity contribution in [2.24, 2.45) is 5.73 Å². The maximum Gasteiger partial charge on any atom is 0.234 e. The van der Waals surface area contributed by atoms with Gasteiger partial charge in [0, 0.05) is 19.2 Å². The summed E-state index contributed by atoms with van der Waals surface area (Å²) < 4.78 is 27.4. The summed E-state index contributed by atoms with van der Waals surface area (Å²) in [5, 5.41) is 6.57. The average molecular weight is 219 g/mol. The lowest BCUT2D eigenvalue weighted by molar-refractivity contribution is 0.446. The molecular weight excluding hydrogens is 206 g/mol. The van der Waals surface area contributed by atoms with E-state index in [9.17, 15) is 8.42 Å². The maximum absolute atomic E-state index is 11.1. The van der Waals surface area contributed by atoms with Gasteiger partial charge >= 0.3 is 0 Å². The molecule has 1 unspecified atom stereocenters. The molecule has 1 atom stereocenters. The van der Waals surface area contributed by atoms with Crippen LogP contribution in [0, 0.1) is 0 Å². The average Bonchev–Trinajstić information content (AvgIpc) is 2.50. The Bertz CT molecular complexity index is 398. The number of hydrogen-bond donors (Lipinski definition) is 1. The van der Waals surface area contributed by atoms with Crippen molar-refractivity contribution in [2.45, 2.75) is 18.6 Å². The van der Waals surface area contributed by atoms with Crippen LogP contribution in [0.3, 0.4) is 0 Å². The molecule has 6 nitrogen and oxygen atoms in total. The zero-order valence-corrected chi connectivity index (χ0v) is 8.91. The lowest BCUT2D eigenvalue weighted by Gasteiger charge is -2.01. The highest BCUT2D eigenvalue weighted by molar-refractivity contribution is 7.90. The summed E-state index contributed by atoms with van der Waals surface area (Å²) in [6.45, 7) is 1.91. The van der Waals surface area contributed by atoms with Gasteiger partial charge in [0.25, 0.3) is 0 Å². The highest BCUT2D eigenvalue weighted by Gasteiger charge is 2.23. The van der Waals surface area contributed by atoms with Gasteiger partial charge in [-0.15, -0.1) is 10.2 Å². The molecule has 1 aromatic heterocycles. The van der Waals surface area contributed by atoms with Crippen LogP contribution in [0.1, 0.15) is 24.0 Å². The van der Waals surface area contributed by atoms with Crippen LogP contribution in [0.15, 0.2) is 4.42 Å². The second-order valence-corrected chi connectivity index (χ2v) is 5.41. The monoisotopic (exact) mass is 219 g/mol. The fourth-order valence-corrected chi connectivity index (χ4v) is 1.30. The smallest absolute Gasteiger partial charge is 0.234 e. The number of rotatable bonds is 4. The molecule has 0 saturated heterocycles. The summed E-state index contributed by atoms with van der Waals surface area (Å²) in [6.07, 6.45) is 1.59. The zero-order valence-electron chi connectivity index (χ0n) is 8.10. The van der Waals surface area contributed by atoms with Gasteiger partial charge in [-0.3, -0.25) is 0 Å². The Kier molecular flexibility index (Phi) is 3.22. The van der Waals surface area contributed by atoms with Crippen LogP contribution in [0.25, 0.3) is 0 Å². The van der Waals surface area contributed by atoms with E-state index in [1.807, 2.05) is 0 Å². The Labute approximate surface area is 82.4 Å². The van der Waals surface area contributed by atoms with Gasteiger partial charge in [0.15, 0.2) is 9.84 Å². The fraction of sp³-hybridized carbons (Fsp3) is 0.714. The van der Waals surface area contributed by atoms with Gasteiger partial charge in [-0.2, -0.15) is 0 Å². The predicted octanol–water partition coefficient (Wildman–Crippen LogP) is -0.324. The molecule has 0 fully saturated rings. The van der Waals surface area contributed by atoms with Crippen LogP contribution < -0.4 is 5.73 Å². The van der Waals surface area contributed by atoms with E-state index in [1.54, 1.807) is 0 Å². The minimum atomic E-state index is -3.18. The van der Waals surface area contributed by atoms with Gasteiger partial charge in [0.2, 0.25) is 11.8 Å². The summed E-state index contributed by atoms with van der Waals surface area (Å²) in [6, 6.07) is 0. The Balaban J connectivity index is 2.87. The predicted molar refractivity (Wildman–Crippen MR) is 50.3 cm³/mol. The fourth-order valence-electron chi connectivity index (χ4n) is 0.839. The highest BCUT2D eigenvalue weighted by Crippen LogP contribution is 2.19. The molecule has 0 radical (unpaired) electrons. The molecule has 80 valence electrons. The second kappa shape index (κ2) is 4.05. The number of nitrogens with two attached hydrogens (primary N) is 1. The zero-order chi connectivity index (χ0) is 10.8. The van der Waals surface area contributed by atoms with Crippen molar-refractivity contribution in [3.8, 4) is 0 Å². The van der Waals surface area contributed by atoms with E-state index in [2.05, 4.69) is 10.2 Å². The Morgan fingerprint density at radius 1 is 1.50 bits per heavy atom. The first-order chi connectivity index (χ1) is 6.45. The van der Waals surface area contributed by atoms with Crippen LogP contribution in [0.4, 0.5) is 0 Å². The van der Waals surface area contributed by atoms with Crippen molar-refractivity contribution in [2.75, 3.05) is 12.8 Å². The lowest BCUT2D eigenvalue weighted by atomic mass is 10.4. The maximum atomic E-state index is 11.1. The first-order valence-electron chi connectivity index (χ1n) is 4.16. The molecule has 0 bridgehead atoms. The second-order valence-electron chi connectivity index (χ2n) is 3.04.